The largest absolute Gasteiger partial charge is 0.325 e. The fourth-order valence-corrected chi connectivity index (χ4v) is 4.08. The molecule has 1 heterocycles. The van der Waals surface area contributed by atoms with Gasteiger partial charge in [0, 0.05) is 15.9 Å². The van der Waals surface area contributed by atoms with Crippen LogP contribution in [0.2, 0.25) is 5.02 Å². The van der Waals surface area contributed by atoms with E-state index >= 15 is 0 Å². The van der Waals surface area contributed by atoms with Crippen LogP contribution in [-0.2, 0) is 4.79 Å². The molecule has 1 aromatic rings. The minimum absolute atomic E-state index is 0.0810. The lowest BCUT2D eigenvalue weighted by molar-refractivity contribution is -0.117. The van der Waals surface area contributed by atoms with Crippen LogP contribution in [-0.4, -0.2) is 17.4 Å². The smallest absolute Gasteiger partial charge is 0.224 e. The molecule has 2 nitrogen and oxygen atoms in total. The summed E-state index contributed by atoms with van der Waals surface area (Å²) in [6, 6.07) is 3.73. The lowest BCUT2D eigenvalue weighted by atomic mass is 9.98. The van der Waals surface area contributed by atoms with Gasteiger partial charge in [-0.3, -0.25) is 4.79 Å². The molecule has 0 unspecified atom stereocenters. The van der Waals surface area contributed by atoms with E-state index in [9.17, 15) is 4.79 Å². The van der Waals surface area contributed by atoms with Crippen LogP contribution in [0, 0.1) is 12.8 Å². The van der Waals surface area contributed by atoms with Gasteiger partial charge in [0.15, 0.2) is 0 Å². The molecule has 0 spiro atoms. The Bertz CT molecular complexity index is 475. The van der Waals surface area contributed by atoms with Crippen molar-refractivity contribution in [2.45, 2.75) is 26.2 Å². The van der Waals surface area contributed by atoms with E-state index in [0.29, 0.717) is 17.4 Å². The Balaban J connectivity index is 1.96. The number of aryl methyl sites for hydroxylation is 1. The summed E-state index contributed by atoms with van der Waals surface area (Å²) in [4.78, 5) is 12.0. The van der Waals surface area contributed by atoms with E-state index in [-0.39, 0.29) is 5.91 Å². The normalized spacial score (nSPS) is 16.4. The molecule has 1 aliphatic rings. The van der Waals surface area contributed by atoms with Crippen molar-refractivity contribution in [3.05, 3.63) is 27.2 Å². The average Bonchev–Trinajstić information content (AvgIpc) is 2.37. The van der Waals surface area contributed by atoms with Crippen molar-refractivity contribution in [1.29, 1.82) is 0 Å². The van der Waals surface area contributed by atoms with Gasteiger partial charge in [-0.1, -0.05) is 11.6 Å². The number of carbonyl (C=O) groups excluding carboxylic acids is 1. The summed E-state index contributed by atoms with van der Waals surface area (Å²) in [7, 11) is 0. The summed E-state index contributed by atoms with van der Waals surface area (Å²) in [5.74, 6) is 2.97. The Hall–Kier alpha value is -0.190. The zero-order valence-corrected chi connectivity index (χ0v) is 14.0. The molecule has 1 fully saturated rings. The third-order valence-electron chi connectivity index (χ3n) is 3.34. The third kappa shape index (κ3) is 4.40. The summed E-state index contributed by atoms with van der Waals surface area (Å²) in [5.41, 5.74) is 1.75. The number of hydrogen-bond donors (Lipinski definition) is 1. The minimum Gasteiger partial charge on any atom is -0.325 e. The van der Waals surface area contributed by atoms with E-state index in [1.54, 1.807) is 6.07 Å². The van der Waals surface area contributed by atoms with Crippen LogP contribution in [0.15, 0.2) is 16.6 Å². The third-order valence-corrected chi connectivity index (χ3v) is 5.45. The molecule has 1 aromatic carbocycles. The van der Waals surface area contributed by atoms with Crippen LogP contribution in [0.1, 0.15) is 24.8 Å². The molecule has 1 saturated heterocycles. The van der Waals surface area contributed by atoms with Crippen molar-refractivity contribution < 1.29 is 4.79 Å². The van der Waals surface area contributed by atoms with Gasteiger partial charge in [0.25, 0.3) is 0 Å². The molecule has 19 heavy (non-hydrogen) atoms. The number of halogens is 2. The van der Waals surface area contributed by atoms with E-state index in [1.807, 2.05) is 24.8 Å². The zero-order chi connectivity index (χ0) is 13.8. The first kappa shape index (κ1) is 15.2. The lowest BCUT2D eigenvalue weighted by Gasteiger charge is -2.20. The molecule has 0 bridgehead atoms. The van der Waals surface area contributed by atoms with Gasteiger partial charge in [-0.25, -0.2) is 0 Å². The van der Waals surface area contributed by atoms with Gasteiger partial charge in [-0.2, -0.15) is 11.8 Å². The first-order valence-electron chi connectivity index (χ1n) is 6.39. The molecule has 1 amide bonds. The number of anilines is 1. The van der Waals surface area contributed by atoms with Crippen molar-refractivity contribution in [3.63, 3.8) is 0 Å². The number of rotatable bonds is 3. The predicted octanol–water partition coefficient (Wildman–Crippen LogP) is 4.88. The van der Waals surface area contributed by atoms with E-state index in [0.717, 1.165) is 28.6 Å². The maximum atomic E-state index is 12.0. The second kappa shape index (κ2) is 7.00. The molecule has 0 radical (unpaired) electrons. The molecule has 5 heteroatoms. The molecule has 0 aromatic heterocycles. The van der Waals surface area contributed by atoms with Gasteiger partial charge in [0.1, 0.15) is 0 Å². The Morgan fingerprint density at radius 1 is 1.47 bits per heavy atom. The maximum absolute atomic E-state index is 12.0. The molecular weight excluding hydrogens is 346 g/mol. The number of thioether (sulfide) groups is 1. The summed E-state index contributed by atoms with van der Waals surface area (Å²) >= 11 is 11.5. The van der Waals surface area contributed by atoms with Gasteiger partial charge < -0.3 is 5.32 Å². The van der Waals surface area contributed by atoms with Gasteiger partial charge in [0.05, 0.1) is 5.69 Å². The number of hydrogen-bond acceptors (Lipinski definition) is 2. The van der Waals surface area contributed by atoms with E-state index in [1.165, 1.54) is 11.5 Å². The van der Waals surface area contributed by atoms with Crippen LogP contribution in [0.3, 0.4) is 0 Å². The Kier molecular flexibility index (Phi) is 5.60. The molecule has 1 aliphatic heterocycles. The molecule has 2 rings (SSSR count). The Morgan fingerprint density at radius 2 is 2.16 bits per heavy atom. The Morgan fingerprint density at radius 3 is 2.84 bits per heavy atom. The highest BCUT2D eigenvalue weighted by Crippen LogP contribution is 2.30. The van der Waals surface area contributed by atoms with Gasteiger partial charge in [-0.15, -0.1) is 0 Å². The minimum atomic E-state index is 0.0810. The van der Waals surface area contributed by atoms with Gasteiger partial charge in [-0.05, 0) is 70.8 Å². The topological polar surface area (TPSA) is 29.1 Å². The monoisotopic (exact) mass is 361 g/mol. The van der Waals surface area contributed by atoms with Crippen molar-refractivity contribution in [2.75, 3.05) is 16.8 Å². The van der Waals surface area contributed by atoms with Gasteiger partial charge >= 0.3 is 0 Å². The molecule has 0 saturated carbocycles. The highest BCUT2D eigenvalue weighted by atomic mass is 79.9. The standard InChI is InChI=1S/C14H17BrClNOS/c1-9-6-11(15)13(8-12(9)16)17-14(18)7-10-2-4-19-5-3-10/h6,8,10H,2-5,7H2,1H3,(H,17,18). The highest BCUT2D eigenvalue weighted by molar-refractivity contribution is 9.10. The SMILES string of the molecule is Cc1cc(Br)c(NC(=O)CC2CCSCC2)cc1Cl. The van der Waals surface area contributed by atoms with Gasteiger partial charge in [0.2, 0.25) is 5.91 Å². The van der Waals surface area contributed by atoms with Crippen molar-refractivity contribution in [3.8, 4) is 0 Å². The second-order valence-electron chi connectivity index (χ2n) is 4.89. The summed E-state index contributed by atoms with van der Waals surface area (Å²) in [6.45, 7) is 1.94. The fourth-order valence-electron chi connectivity index (χ4n) is 2.16. The van der Waals surface area contributed by atoms with Crippen LogP contribution >= 0.6 is 39.3 Å². The lowest BCUT2D eigenvalue weighted by Crippen LogP contribution is -2.19. The Labute approximate surface area is 131 Å². The number of carbonyl (C=O) groups is 1. The maximum Gasteiger partial charge on any atom is 0.224 e. The zero-order valence-electron chi connectivity index (χ0n) is 10.8. The number of benzene rings is 1. The first-order chi connectivity index (χ1) is 9.06. The molecule has 104 valence electrons. The molecule has 0 atom stereocenters. The summed E-state index contributed by atoms with van der Waals surface area (Å²) < 4.78 is 0.877. The van der Waals surface area contributed by atoms with Crippen molar-refractivity contribution in [2.24, 2.45) is 5.92 Å². The van der Waals surface area contributed by atoms with Crippen LogP contribution in [0.4, 0.5) is 5.69 Å². The van der Waals surface area contributed by atoms with E-state index < -0.39 is 0 Å². The molecular formula is C14H17BrClNOS. The molecule has 1 N–H and O–H groups in total. The predicted molar refractivity (Wildman–Crippen MR) is 87.2 cm³/mol. The second-order valence-corrected chi connectivity index (χ2v) is 7.38. The summed E-state index contributed by atoms with van der Waals surface area (Å²) in [6.07, 6.45) is 2.90. The summed E-state index contributed by atoms with van der Waals surface area (Å²) in [5, 5.41) is 3.62. The number of nitrogens with one attached hydrogen (secondary N) is 1. The van der Waals surface area contributed by atoms with Crippen LogP contribution < -0.4 is 5.32 Å². The fraction of sp³-hybridized carbons (Fsp3) is 0.500. The quantitative estimate of drug-likeness (QED) is 0.830. The van der Waals surface area contributed by atoms with Crippen LogP contribution in [0.5, 0.6) is 0 Å². The van der Waals surface area contributed by atoms with Crippen molar-refractivity contribution >= 4 is 50.9 Å². The van der Waals surface area contributed by atoms with Crippen LogP contribution in [0.25, 0.3) is 0 Å². The van der Waals surface area contributed by atoms with Crippen molar-refractivity contribution in [1.82, 2.24) is 0 Å². The highest BCUT2D eigenvalue weighted by Gasteiger charge is 2.18. The average molecular weight is 363 g/mol. The number of amides is 1. The first-order valence-corrected chi connectivity index (χ1v) is 8.72. The molecule has 0 aliphatic carbocycles. The van der Waals surface area contributed by atoms with E-state index in [4.69, 9.17) is 11.6 Å². The van der Waals surface area contributed by atoms with E-state index in [2.05, 4.69) is 21.2 Å².